The summed E-state index contributed by atoms with van der Waals surface area (Å²) in [6.07, 6.45) is 0. The molecule has 0 unspecified atom stereocenters. The Labute approximate surface area is 148 Å². The predicted octanol–water partition coefficient (Wildman–Crippen LogP) is 4.21. The first-order chi connectivity index (χ1) is 12.6. The summed E-state index contributed by atoms with van der Waals surface area (Å²) in [6.45, 7) is 0. The molecule has 0 aliphatic heterocycles. The van der Waals surface area contributed by atoms with E-state index in [9.17, 15) is 9.59 Å². The molecular formula is C21H15NO4. The van der Waals surface area contributed by atoms with Crippen LogP contribution in [0.1, 0.15) is 10.6 Å². The summed E-state index contributed by atoms with van der Waals surface area (Å²) in [5.41, 5.74) is 0.653. The number of hydrogen-bond donors (Lipinski definition) is 1. The minimum Gasteiger partial charge on any atom is -0.497 e. The maximum absolute atomic E-state index is 12.5. The van der Waals surface area contributed by atoms with E-state index in [-0.39, 0.29) is 11.2 Å². The minimum atomic E-state index is -0.484. The van der Waals surface area contributed by atoms with Crippen molar-refractivity contribution in [2.75, 3.05) is 12.4 Å². The van der Waals surface area contributed by atoms with Crippen LogP contribution >= 0.6 is 0 Å². The van der Waals surface area contributed by atoms with Gasteiger partial charge in [-0.2, -0.15) is 0 Å². The van der Waals surface area contributed by atoms with Crippen molar-refractivity contribution in [1.82, 2.24) is 0 Å². The summed E-state index contributed by atoms with van der Waals surface area (Å²) in [6, 6.07) is 19.5. The van der Waals surface area contributed by atoms with E-state index in [0.717, 1.165) is 10.8 Å². The maximum Gasteiger partial charge on any atom is 0.291 e. The summed E-state index contributed by atoms with van der Waals surface area (Å²) in [5.74, 6) is 0.0127. The molecular weight excluding hydrogens is 330 g/mol. The number of amides is 1. The Morgan fingerprint density at radius 1 is 0.962 bits per heavy atom. The maximum atomic E-state index is 12.5. The van der Waals surface area contributed by atoms with Crippen molar-refractivity contribution in [2.45, 2.75) is 0 Å². The lowest BCUT2D eigenvalue weighted by molar-refractivity contribution is 0.0997. The van der Waals surface area contributed by atoms with E-state index < -0.39 is 5.91 Å². The summed E-state index contributed by atoms with van der Waals surface area (Å²) in [4.78, 5) is 24.8. The molecule has 1 N–H and O–H groups in total. The van der Waals surface area contributed by atoms with E-state index >= 15 is 0 Å². The summed E-state index contributed by atoms with van der Waals surface area (Å²) in [7, 11) is 1.52. The molecule has 0 radical (unpaired) electrons. The molecule has 5 heteroatoms. The third kappa shape index (κ3) is 2.91. The highest BCUT2D eigenvalue weighted by Gasteiger charge is 2.13. The number of fused-ring (bicyclic) bond motifs is 2. The number of hydrogen-bond acceptors (Lipinski definition) is 4. The zero-order chi connectivity index (χ0) is 18.1. The van der Waals surface area contributed by atoms with Gasteiger partial charge >= 0.3 is 0 Å². The van der Waals surface area contributed by atoms with Gasteiger partial charge in [0.25, 0.3) is 5.91 Å². The number of carbonyl (C=O) groups excluding carboxylic acids is 1. The number of ether oxygens (including phenoxy) is 1. The number of anilines is 1. The lowest BCUT2D eigenvalue weighted by Crippen LogP contribution is -2.15. The molecule has 4 rings (SSSR count). The molecule has 0 saturated heterocycles. The Morgan fingerprint density at radius 3 is 2.58 bits per heavy atom. The first-order valence-corrected chi connectivity index (χ1v) is 8.06. The van der Waals surface area contributed by atoms with Crippen LogP contribution < -0.4 is 15.5 Å². The smallest absolute Gasteiger partial charge is 0.291 e. The molecule has 1 amide bonds. The molecule has 0 atom stereocenters. The Morgan fingerprint density at radius 2 is 1.77 bits per heavy atom. The molecule has 0 aliphatic rings. The molecule has 0 spiro atoms. The number of carbonyl (C=O) groups is 1. The van der Waals surface area contributed by atoms with E-state index in [2.05, 4.69) is 5.32 Å². The second-order valence-electron chi connectivity index (χ2n) is 5.85. The fraction of sp³-hybridized carbons (Fsp3) is 0.0476. The van der Waals surface area contributed by atoms with E-state index in [0.29, 0.717) is 22.4 Å². The molecule has 128 valence electrons. The van der Waals surface area contributed by atoms with Gasteiger partial charge in [-0.25, -0.2) is 0 Å². The SMILES string of the molecule is COc1ccc2c(=O)cc(C(=O)Nc3ccc4ccccc4c3)oc2c1. The Kier molecular flexibility index (Phi) is 3.89. The van der Waals surface area contributed by atoms with Crippen LogP contribution in [-0.2, 0) is 0 Å². The van der Waals surface area contributed by atoms with Crippen molar-refractivity contribution in [2.24, 2.45) is 0 Å². The van der Waals surface area contributed by atoms with Gasteiger partial charge < -0.3 is 14.5 Å². The van der Waals surface area contributed by atoms with Crippen LogP contribution in [0.5, 0.6) is 5.75 Å². The van der Waals surface area contributed by atoms with Crippen LogP contribution in [0, 0.1) is 0 Å². The van der Waals surface area contributed by atoms with Crippen LogP contribution in [0.15, 0.2) is 75.9 Å². The topological polar surface area (TPSA) is 68.5 Å². The van der Waals surface area contributed by atoms with Crippen molar-refractivity contribution in [1.29, 1.82) is 0 Å². The quantitative estimate of drug-likeness (QED) is 0.604. The zero-order valence-electron chi connectivity index (χ0n) is 14.0. The van der Waals surface area contributed by atoms with Gasteiger partial charge in [-0.15, -0.1) is 0 Å². The van der Waals surface area contributed by atoms with Gasteiger partial charge in [0.05, 0.1) is 12.5 Å². The Bertz CT molecular complexity index is 1190. The van der Waals surface area contributed by atoms with Gasteiger partial charge in [0.2, 0.25) is 0 Å². The van der Waals surface area contributed by atoms with Crippen molar-refractivity contribution in [3.05, 3.63) is 82.7 Å². The van der Waals surface area contributed by atoms with Crippen LogP contribution in [-0.4, -0.2) is 13.0 Å². The lowest BCUT2D eigenvalue weighted by atomic mass is 10.1. The van der Waals surface area contributed by atoms with E-state index in [1.165, 1.54) is 13.2 Å². The third-order valence-electron chi connectivity index (χ3n) is 4.17. The average molecular weight is 345 g/mol. The molecule has 26 heavy (non-hydrogen) atoms. The van der Waals surface area contributed by atoms with Gasteiger partial charge in [-0.1, -0.05) is 30.3 Å². The van der Waals surface area contributed by atoms with Gasteiger partial charge in [0.15, 0.2) is 11.2 Å². The number of rotatable bonds is 3. The van der Waals surface area contributed by atoms with Gasteiger partial charge in [-0.05, 0) is 35.0 Å². The fourth-order valence-electron chi connectivity index (χ4n) is 2.83. The molecule has 4 aromatic rings. The van der Waals surface area contributed by atoms with Crippen LogP contribution in [0.2, 0.25) is 0 Å². The van der Waals surface area contributed by atoms with Crippen LogP contribution in [0.4, 0.5) is 5.69 Å². The second-order valence-corrected chi connectivity index (χ2v) is 5.85. The third-order valence-corrected chi connectivity index (χ3v) is 4.17. The summed E-state index contributed by atoms with van der Waals surface area (Å²) >= 11 is 0. The highest BCUT2D eigenvalue weighted by atomic mass is 16.5. The van der Waals surface area contributed by atoms with Crippen molar-refractivity contribution < 1.29 is 13.9 Å². The highest BCUT2D eigenvalue weighted by Crippen LogP contribution is 2.21. The Hall–Kier alpha value is -3.60. The molecule has 0 aliphatic carbocycles. The fourth-order valence-corrected chi connectivity index (χ4v) is 2.83. The monoisotopic (exact) mass is 345 g/mol. The molecule has 5 nitrogen and oxygen atoms in total. The summed E-state index contributed by atoms with van der Waals surface area (Å²) in [5, 5.41) is 5.25. The van der Waals surface area contributed by atoms with Gasteiger partial charge in [0.1, 0.15) is 11.3 Å². The zero-order valence-corrected chi connectivity index (χ0v) is 14.0. The first kappa shape index (κ1) is 15.9. The van der Waals surface area contributed by atoms with E-state index in [1.54, 1.807) is 18.2 Å². The van der Waals surface area contributed by atoms with Gasteiger partial charge in [-0.3, -0.25) is 9.59 Å². The van der Waals surface area contributed by atoms with E-state index in [1.807, 2.05) is 42.5 Å². The van der Waals surface area contributed by atoms with Crippen molar-refractivity contribution >= 4 is 33.3 Å². The molecule has 1 aromatic heterocycles. The Balaban J connectivity index is 1.69. The molecule has 3 aromatic carbocycles. The minimum absolute atomic E-state index is 0.0519. The average Bonchev–Trinajstić information content (AvgIpc) is 2.67. The summed E-state index contributed by atoms with van der Waals surface area (Å²) < 4.78 is 10.8. The molecule has 0 fully saturated rings. The number of methoxy groups -OCH3 is 1. The second kappa shape index (κ2) is 6.37. The van der Waals surface area contributed by atoms with Crippen molar-refractivity contribution in [3.8, 4) is 5.75 Å². The first-order valence-electron chi connectivity index (χ1n) is 8.06. The predicted molar refractivity (Wildman–Crippen MR) is 101 cm³/mol. The number of benzene rings is 3. The van der Waals surface area contributed by atoms with Gasteiger partial charge in [0, 0.05) is 17.8 Å². The standard InChI is InChI=1S/C21H15NO4/c1-25-16-8-9-17-18(23)12-20(26-19(17)11-16)21(24)22-15-7-6-13-4-2-3-5-14(13)10-15/h2-12H,1H3,(H,22,24). The van der Waals surface area contributed by atoms with Crippen LogP contribution in [0.3, 0.4) is 0 Å². The normalized spacial score (nSPS) is 10.8. The molecule has 1 heterocycles. The van der Waals surface area contributed by atoms with E-state index in [4.69, 9.17) is 9.15 Å². The van der Waals surface area contributed by atoms with Crippen molar-refractivity contribution in [3.63, 3.8) is 0 Å². The lowest BCUT2D eigenvalue weighted by Gasteiger charge is -2.07. The van der Waals surface area contributed by atoms with Crippen LogP contribution in [0.25, 0.3) is 21.7 Å². The number of nitrogens with one attached hydrogen (secondary N) is 1. The largest absolute Gasteiger partial charge is 0.497 e. The molecule has 0 saturated carbocycles. The highest BCUT2D eigenvalue weighted by molar-refractivity contribution is 6.04. The molecule has 0 bridgehead atoms.